The molecule has 0 aliphatic rings. The normalized spacial score (nSPS) is 11.2. The van der Waals surface area contributed by atoms with Crippen LogP contribution in [0, 0.1) is 17.1 Å². The number of carbonyl (C=O) groups is 2. The second kappa shape index (κ2) is 7.88. The number of benzene rings is 2. The number of hydrogen-bond acceptors (Lipinski definition) is 4. The Morgan fingerprint density at radius 3 is 2.58 bits per heavy atom. The molecule has 6 heteroatoms. The predicted octanol–water partition coefficient (Wildman–Crippen LogP) is 2.81. The summed E-state index contributed by atoms with van der Waals surface area (Å²) in [7, 11) is 0. The Labute approximate surface area is 138 Å². The van der Waals surface area contributed by atoms with Gasteiger partial charge in [-0.15, -0.1) is 0 Å². The monoisotopic (exact) mass is 326 g/mol. The van der Waals surface area contributed by atoms with Gasteiger partial charge in [0.1, 0.15) is 5.82 Å². The lowest BCUT2D eigenvalue weighted by Gasteiger charge is -2.13. The first kappa shape index (κ1) is 17.2. The maximum absolute atomic E-state index is 13.1. The molecule has 24 heavy (non-hydrogen) atoms. The Bertz CT molecular complexity index is 782. The van der Waals surface area contributed by atoms with Crippen LogP contribution in [0.3, 0.4) is 0 Å². The topological polar surface area (TPSA) is 79.2 Å². The summed E-state index contributed by atoms with van der Waals surface area (Å²) in [4.78, 5) is 23.8. The largest absolute Gasteiger partial charge is 0.452 e. The quantitative estimate of drug-likeness (QED) is 0.857. The van der Waals surface area contributed by atoms with Crippen molar-refractivity contribution in [3.8, 4) is 6.07 Å². The lowest BCUT2D eigenvalue weighted by atomic mass is 10.1. The van der Waals surface area contributed by atoms with E-state index in [2.05, 4.69) is 5.32 Å². The fourth-order valence-corrected chi connectivity index (χ4v) is 1.98. The van der Waals surface area contributed by atoms with Gasteiger partial charge in [0.2, 0.25) is 0 Å². The van der Waals surface area contributed by atoms with Gasteiger partial charge in [-0.3, -0.25) is 9.59 Å². The van der Waals surface area contributed by atoms with Gasteiger partial charge in [0, 0.05) is 5.69 Å². The molecule has 0 unspecified atom stereocenters. The number of nitriles is 1. The van der Waals surface area contributed by atoms with Crippen molar-refractivity contribution in [2.75, 3.05) is 5.32 Å². The van der Waals surface area contributed by atoms with Crippen LogP contribution in [0.25, 0.3) is 0 Å². The number of nitrogens with zero attached hydrogens (tertiary/aromatic N) is 1. The Hall–Kier alpha value is -3.20. The van der Waals surface area contributed by atoms with E-state index < -0.39 is 23.8 Å². The number of amides is 1. The lowest BCUT2D eigenvalue weighted by molar-refractivity contribution is -0.152. The summed E-state index contributed by atoms with van der Waals surface area (Å²) in [6.07, 6.45) is -1.12. The third-order valence-electron chi connectivity index (χ3n) is 3.20. The van der Waals surface area contributed by atoms with E-state index >= 15 is 0 Å². The molecule has 2 rings (SSSR count). The van der Waals surface area contributed by atoms with E-state index in [0.717, 1.165) is 0 Å². The number of esters is 1. The molecule has 1 atom stereocenters. The number of ether oxygens (including phenoxy) is 1. The molecule has 122 valence electrons. The van der Waals surface area contributed by atoms with Crippen LogP contribution in [-0.4, -0.2) is 18.0 Å². The molecule has 2 aromatic rings. The fraction of sp³-hybridized carbons (Fsp3) is 0.167. The molecule has 0 saturated carbocycles. The molecular formula is C18H15FN2O3. The summed E-state index contributed by atoms with van der Waals surface area (Å²) in [6.45, 7) is 1.45. The van der Waals surface area contributed by atoms with Gasteiger partial charge in [-0.1, -0.05) is 12.1 Å². The highest BCUT2D eigenvalue weighted by Crippen LogP contribution is 2.10. The number of rotatable bonds is 5. The molecule has 1 N–H and O–H groups in total. The number of carbonyl (C=O) groups excluding carboxylic acids is 2. The highest BCUT2D eigenvalue weighted by Gasteiger charge is 2.18. The van der Waals surface area contributed by atoms with Crippen LogP contribution in [0.5, 0.6) is 0 Å². The summed E-state index contributed by atoms with van der Waals surface area (Å²) in [6, 6.07) is 13.9. The van der Waals surface area contributed by atoms with Gasteiger partial charge in [0.05, 0.1) is 18.1 Å². The predicted molar refractivity (Wildman–Crippen MR) is 85.4 cm³/mol. The van der Waals surface area contributed by atoms with Crippen molar-refractivity contribution in [1.29, 1.82) is 5.26 Å². The first-order valence-electron chi connectivity index (χ1n) is 7.23. The van der Waals surface area contributed by atoms with Crippen LogP contribution in [-0.2, 0) is 20.7 Å². The van der Waals surface area contributed by atoms with Gasteiger partial charge >= 0.3 is 5.97 Å². The summed E-state index contributed by atoms with van der Waals surface area (Å²) >= 11 is 0. The number of halogens is 1. The van der Waals surface area contributed by atoms with Gasteiger partial charge in [-0.2, -0.15) is 5.26 Å². The molecule has 0 heterocycles. The van der Waals surface area contributed by atoms with Gasteiger partial charge in [0.15, 0.2) is 6.10 Å². The third kappa shape index (κ3) is 4.92. The standard InChI is InChI=1S/C18H15FN2O3/c1-12(18(23)21-16-7-5-13(11-20)6-8-16)24-17(22)10-14-3-2-4-15(19)9-14/h2-9,12H,10H2,1H3,(H,21,23)/t12-/m0/s1. The van der Waals surface area contributed by atoms with Gasteiger partial charge < -0.3 is 10.1 Å². The highest BCUT2D eigenvalue weighted by molar-refractivity contribution is 5.95. The van der Waals surface area contributed by atoms with Crippen LogP contribution in [0.15, 0.2) is 48.5 Å². The van der Waals surface area contributed by atoms with Crippen LogP contribution >= 0.6 is 0 Å². The summed E-state index contributed by atoms with van der Waals surface area (Å²) in [5.41, 5.74) is 1.44. The molecule has 0 spiro atoms. The zero-order valence-corrected chi connectivity index (χ0v) is 13.0. The SMILES string of the molecule is C[C@H](OC(=O)Cc1cccc(F)c1)C(=O)Nc1ccc(C#N)cc1. The average molecular weight is 326 g/mol. The molecule has 0 fully saturated rings. The van der Waals surface area contributed by atoms with Crippen molar-refractivity contribution in [3.63, 3.8) is 0 Å². The molecule has 1 amide bonds. The van der Waals surface area contributed by atoms with Crippen LogP contribution < -0.4 is 5.32 Å². The Morgan fingerprint density at radius 2 is 1.96 bits per heavy atom. The minimum absolute atomic E-state index is 0.119. The summed E-state index contributed by atoms with van der Waals surface area (Å²) < 4.78 is 18.1. The molecule has 0 saturated heterocycles. The Kier molecular flexibility index (Phi) is 5.63. The first-order chi connectivity index (χ1) is 11.5. The molecule has 0 aliphatic carbocycles. The van der Waals surface area contributed by atoms with Crippen molar-refractivity contribution in [3.05, 3.63) is 65.5 Å². The molecule has 5 nitrogen and oxygen atoms in total. The van der Waals surface area contributed by atoms with E-state index in [4.69, 9.17) is 10.00 Å². The van der Waals surface area contributed by atoms with Crippen molar-refractivity contribution >= 4 is 17.6 Å². The maximum Gasteiger partial charge on any atom is 0.311 e. The highest BCUT2D eigenvalue weighted by atomic mass is 19.1. The first-order valence-corrected chi connectivity index (χ1v) is 7.23. The number of hydrogen-bond donors (Lipinski definition) is 1. The minimum atomic E-state index is -0.998. The minimum Gasteiger partial charge on any atom is -0.452 e. The Balaban J connectivity index is 1.88. The average Bonchev–Trinajstić information content (AvgIpc) is 2.55. The van der Waals surface area contributed by atoms with E-state index in [1.54, 1.807) is 30.3 Å². The van der Waals surface area contributed by atoms with E-state index in [-0.39, 0.29) is 6.42 Å². The van der Waals surface area contributed by atoms with Crippen molar-refractivity contribution < 1.29 is 18.7 Å². The molecule has 0 aliphatic heterocycles. The lowest BCUT2D eigenvalue weighted by Crippen LogP contribution is -2.30. The van der Waals surface area contributed by atoms with Gasteiger partial charge in [0.25, 0.3) is 5.91 Å². The summed E-state index contributed by atoms with van der Waals surface area (Å²) in [5.74, 6) is -1.55. The van der Waals surface area contributed by atoms with Crippen LogP contribution in [0.2, 0.25) is 0 Å². The molecule has 0 aromatic heterocycles. The smallest absolute Gasteiger partial charge is 0.311 e. The van der Waals surface area contributed by atoms with Crippen molar-refractivity contribution in [2.24, 2.45) is 0 Å². The van der Waals surface area contributed by atoms with Crippen LogP contribution in [0.4, 0.5) is 10.1 Å². The molecular weight excluding hydrogens is 311 g/mol. The number of nitrogens with one attached hydrogen (secondary N) is 1. The van der Waals surface area contributed by atoms with E-state index in [1.807, 2.05) is 6.07 Å². The zero-order chi connectivity index (χ0) is 17.5. The Morgan fingerprint density at radius 1 is 1.25 bits per heavy atom. The molecule has 0 bridgehead atoms. The van der Waals surface area contributed by atoms with Crippen molar-refractivity contribution in [2.45, 2.75) is 19.4 Å². The van der Waals surface area contributed by atoms with Gasteiger partial charge in [-0.25, -0.2) is 4.39 Å². The maximum atomic E-state index is 13.1. The fourth-order valence-electron chi connectivity index (χ4n) is 1.98. The van der Waals surface area contributed by atoms with E-state index in [1.165, 1.54) is 25.1 Å². The van der Waals surface area contributed by atoms with E-state index in [0.29, 0.717) is 16.8 Å². The molecule has 0 radical (unpaired) electrons. The van der Waals surface area contributed by atoms with Crippen LogP contribution in [0.1, 0.15) is 18.1 Å². The number of anilines is 1. The summed E-state index contributed by atoms with van der Waals surface area (Å²) in [5, 5.41) is 11.3. The third-order valence-corrected chi connectivity index (χ3v) is 3.20. The second-order valence-electron chi connectivity index (χ2n) is 5.12. The van der Waals surface area contributed by atoms with Gasteiger partial charge in [-0.05, 0) is 48.9 Å². The van der Waals surface area contributed by atoms with Crippen molar-refractivity contribution in [1.82, 2.24) is 0 Å². The second-order valence-corrected chi connectivity index (χ2v) is 5.12. The van der Waals surface area contributed by atoms with E-state index in [9.17, 15) is 14.0 Å². The zero-order valence-electron chi connectivity index (χ0n) is 13.0. The molecule has 2 aromatic carbocycles.